The largest absolute Gasteiger partial charge is 0.303 e. The van der Waals surface area contributed by atoms with Crippen molar-refractivity contribution in [3.63, 3.8) is 0 Å². The van der Waals surface area contributed by atoms with E-state index in [0.717, 1.165) is 25.5 Å². The molecule has 1 heterocycles. The number of unbranched alkanes of at least 4 members (excludes halogenated alkanes) is 3. The van der Waals surface area contributed by atoms with E-state index in [9.17, 15) is 14.4 Å². The van der Waals surface area contributed by atoms with Gasteiger partial charge in [-0.2, -0.15) is 0 Å². The van der Waals surface area contributed by atoms with Crippen molar-refractivity contribution in [2.75, 3.05) is 6.54 Å². The van der Waals surface area contributed by atoms with Crippen LogP contribution in [-0.2, 0) is 14.4 Å². The van der Waals surface area contributed by atoms with Crippen LogP contribution in [0.2, 0.25) is 0 Å². The maximum atomic E-state index is 11.1. The lowest BCUT2D eigenvalue weighted by Crippen LogP contribution is -2.30. The van der Waals surface area contributed by atoms with Gasteiger partial charge in [0.2, 0.25) is 0 Å². The van der Waals surface area contributed by atoms with Crippen molar-refractivity contribution in [1.29, 1.82) is 0 Å². The summed E-state index contributed by atoms with van der Waals surface area (Å²) in [5.41, 5.74) is 0. The Morgan fingerprint density at radius 1 is 1.06 bits per heavy atom. The Balaban J connectivity index is 0.00000106. The zero-order valence-corrected chi connectivity index (χ0v) is 9.94. The molecule has 0 N–H and O–H groups in total. The molecule has 4 nitrogen and oxygen atoms in total. The van der Waals surface area contributed by atoms with Crippen molar-refractivity contribution in [3.05, 3.63) is 12.2 Å². The molecule has 1 rings (SSSR count). The van der Waals surface area contributed by atoms with E-state index in [1.165, 1.54) is 17.1 Å². The third-order valence-electron chi connectivity index (χ3n) is 2.10. The van der Waals surface area contributed by atoms with Gasteiger partial charge in [-0.25, -0.2) is 0 Å². The molecule has 0 radical (unpaired) electrons. The number of hydrogen-bond donors (Lipinski definition) is 0. The Kier molecular flexibility index (Phi) is 8.03. The second-order valence-electron chi connectivity index (χ2n) is 3.18. The van der Waals surface area contributed by atoms with E-state index in [1.807, 2.05) is 13.8 Å². The van der Waals surface area contributed by atoms with E-state index in [4.69, 9.17) is 0 Å². The van der Waals surface area contributed by atoms with Crippen molar-refractivity contribution in [3.8, 4) is 0 Å². The fourth-order valence-corrected chi connectivity index (χ4v) is 1.33. The highest BCUT2D eigenvalue weighted by molar-refractivity contribution is 6.12. The van der Waals surface area contributed by atoms with Crippen LogP contribution in [0.25, 0.3) is 0 Å². The predicted octanol–water partition coefficient (Wildman–Crippen LogP) is 1.70. The third-order valence-corrected chi connectivity index (χ3v) is 2.10. The number of aldehydes is 1. The number of carbonyl (C=O) groups is 3. The Morgan fingerprint density at radius 2 is 1.62 bits per heavy atom. The number of hydrogen-bond acceptors (Lipinski definition) is 3. The Labute approximate surface area is 96.3 Å². The molecule has 0 spiro atoms. The third kappa shape index (κ3) is 4.87. The first-order valence-electron chi connectivity index (χ1n) is 5.73. The predicted molar refractivity (Wildman–Crippen MR) is 61.7 cm³/mol. The summed E-state index contributed by atoms with van der Waals surface area (Å²) >= 11 is 0. The number of nitrogens with zero attached hydrogens (tertiary/aromatic N) is 1. The Hall–Kier alpha value is -1.45. The van der Waals surface area contributed by atoms with Crippen LogP contribution in [0.5, 0.6) is 0 Å². The average Bonchev–Trinajstić information content (AvgIpc) is 2.62. The van der Waals surface area contributed by atoms with Crippen LogP contribution in [0.4, 0.5) is 0 Å². The lowest BCUT2D eigenvalue weighted by Gasteiger charge is -2.12. The summed E-state index contributed by atoms with van der Waals surface area (Å²) in [5.74, 6) is -0.462. The minimum absolute atomic E-state index is 0.231. The fraction of sp³-hybridized carbons (Fsp3) is 0.583. The second-order valence-corrected chi connectivity index (χ2v) is 3.18. The lowest BCUT2D eigenvalue weighted by molar-refractivity contribution is -0.136. The van der Waals surface area contributed by atoms with Crippen molar-refractivity contribution in [2.45, 2.75) is 39.5 Å². The summed E-state index contributed by atoms with van der Waals surface area (Å²) in [6.07, 6.45) is 6.48. The molecule has 0 saturated carbocycles. The van der Waals surface area contributed by atoms with Crippen LogP contribution in [-0.4, -0.2) is 29.5 Å². The molecule has 2 amide bonds. The topological polar surface area (TPSA) is 54.5 Å². The van der Waals surface area contributed by atoms with E-state index in [-0.39, 0.29) is 11.8 Å². The molecule has 16 heavy (non-hydrogen) atoms. The zero-order valence-electron chi connectivity index (χ0n) is 9.94. The first-order chi connectivity index (χ1) is 7.75. The summed E-state index contributed by atoms with van der Waals surface area (Å²) in [6, 6.07) is 0. The molecule has 0 bridgehead atoms. The van der Waals surface area contributed by atoms with E-state index in [1.54, 1.807) is 0 Å². The van der Waals surface area contributed by atoms with E-state index >= 15 is 0 Å². The van der Waals surface area contributed by atoms with Gasteiger partial charge >= 0.3 is 0 Å². The first kappa shape index (κ1) is 14.6. The van der Waals surface area contributed by atoms with Gasteiger partial charge in [-0.1, -0.05) is 20.3 Å². The fourth-order valence-electron chi connectivity index (χ4n) is 1.33. The molecule has 0 aliphatic carbocycles. The van der Waals surface area contributed by atoms with Gasteiger partial charge in [0.1, 0.15) is 6.29 Å². The van der Waals surface area contributed by atoms with E-state index in [2.05, 4.69) is 0 Å². The van der Waals surface area contributed by atoms with Crippen LogP contribution in [0.3, 0.4) is 0 Å². The van der Waals surface area contributed by atoms with Crippen molar-refractivity contribution in [1.82, 2.24) is 4.90 Å². The van der Waals surface area contributed by atoms with E-state index in [0.29, 0.717) is 13.0 Å². The van der Waals surface area contributed by atoms with Crippen LogP contribution in [0, 0.1) is 0 Å². The van der Waals surface area contributed by atoms with E-state index < -0.39 is 0 Å². The minimum atomic E-state index is -0.231. The monoisotopic (exact) mass is 225 g/mol. The van der Waals surface area contributed by atoms with Gasteiger partial charge in [0.15, 0.2) is 0 Å². The molecule has 0 atom stereocenters. The lowest BCUT2D eigenvalue weighted by atomic mass is 10.2. The summed E-state index contributed by atoms with van der Waals surface area (Å²) < 4.78 is 0. The SMILES string of the molecule is CC.O=CCCCCCN1C(=O)C=CC1=O. The molecule has 0 aromatic heterocycles. The van der Waals surface area contributed by atoms with Crippen molar-refractivity contribution >= 4 is 18.1 Å². The highest BCUT2D eigenvalue weighted by Crippen LogP contribution is 2.06. The molecule has 0 aromatic carbocycles. The maximum Gasteiger partial charge on any atom is 0.253 e. The quantitative estimate of drug-likeness (QED) is 0.393. The molecule has 4 heteroatoms. The highest BCUT2D eigenvalue weighted by Gasteiger charge is 2.21. The first-order valence-corrected chi connectivity index (χ1v) is 5.73. The molecular formula is C12H19NO3. The van der Waals surface area contributed by atoms with Gasteiger partial charge in [-0.15, -0.1) is 0 Å². The van der Waals surface area contributed by atoms with Crippen molar-refractivity contribution < 1.29 is 14.4 Å². The molecular weight excluding hydrogens is 206 g/mol. The number of carbonyl (C=O) groups excluding carboxylic acids is 3. The van der Waals surface area contributed by atoms with Crippen LogP contribution in [0.1, 0.15) is 39.5 Å². The minimum Gasteiger partial charge on any atom is -0.303 e. The second kappa shape index (κ2) is 8.83. The van der Waals surface area contributed by atoms with Crippen molar-refractivity contribution in [2.24, 2.45) is 0 Å². The van der Waals surface area contributed by atoms with Gasteiger partial charge in [0.25, 0.3) is 11.8 Å². The van der Waals surface area contributed by atoms with Gasteiger partial charge in [0, 0.05) is 25.1 Å². The summed E-state index contributed by atoms with van der Waals surface area (Å²) in [7, 11) is 0. The van der Waals surface area contributed by atoms with Gasteiger partial charge in [-0.05, 0) is 12.8 Å². The summed E-state index contributed by atoms with van der Waals surface area (Å²) in [4.78, 5) is 33.4. The van der Waals surface area contributed by atoms with Gasteiger partial charge < -0.3 is 4.79 Å². The van der Waals surface area contributed by atoms with Gasteiger partial charge in [0.05, 0.1) is 0 Å². The smallest absolute Gasteiger partial charge is 0.253 e. The zero-order chi connectivity index (χ0) is 12.4. The number of rotatable bonds is 6. The maximum absolute atomic E-state index is 11.1. The van der Waals surface area contributed by atoms with Crippen LogP contribution in [0.15, 0.2) is 12.2 Å². The average molecular weight is 225 g/mol. The Bertz CT molecular complexity index is 253. The number of imide groups is 1. The highest BCUT2D eigenvalue weighted by atomic mass is 16.2. The normalized spacial score (nSPS) is 13.8. The van der Waals surface area contributed by atoms with Gasteiger partial charge in [-0.3, -0.25) is 14.5 Å². The molecule has 0 unspecified atom stereocenters. The van der Waals surface area contributed by atoms with Crippen LogP contribution < -0.4 is 0 Å². The molecule has 1 aliphatic heterocycles. The molecule has 0 saturated heterocycles. The molecule has 0 aromatic rings. The molecule has 1 aliphatic rings. The standard InChI is InChI=1S/C10H13NO3.C2H6/c12-8-4-2-1-3-7-11-9(13)5-6-10(11)14;1-2/h5-6,8H,1-4,7H2;1-2H3. The summed E-state index contributed by atoms with van der Waals surface area (Å²) in [5, 5.41) is 0. The summed E-state index contributed by atoms with van der Waals surface area (Å²) in [6.45, 7) is 4.46. The van der Waals surface area contributed by atoms with Crippen LogP contribution >= 0.6 is 0 Å². The molecule has 90 valence electrons. The Morgan fingerprint density at radius 3 is 2.12 bits per heavy atom. The molecule has 0 fully saturated rings. The number of amides is 2.